The zero-order valence-corrected chi connectivity index (χ0v) is 6.25. The van der Waals surface area contributed by atoms with Gasteiger partial charge in [0.15, 0.2) is 0 Å². The highest BCUT2D eigenvalue weighted by atomic mass is 16.3. The fraction of sp³-hybridized carbons (Fsp3) is 0. The van der Waals surface area contributed by atoms with Gasteiger partial charge in [0.25, 0.3) is 0 Å². The van der Waals surface area contributed by atoms with Crippen molar-refractivity contribution in [3.8, 4) is 0 Å². The van der Waals surface area contributed by atoms with Crippen LogP contribution in [0.15, 0.2) is 49.2 Å². The third kappa shape index (κ3) is 1.71. The average molecular weight is 146 g/mol. The summed E-state index contributed by atoms with van der Waals surface area (Å²) in [5.74, 6) is 0.0243. The number of aliphatic hydroxyl groups excluding tert-OH is 1. The van der Waals surface area contributed by atoms with Gasteiger partial charge in [-0.05, 0) is 5.56 Å². The number of benzene rings is 1. The van der Waals surface area contributed by atoms with Crippen LogP contribution < -0.4 is 0 Å². The minimum atomic E-state index is 0.0243. The second kappa shape index (κ2) is 3.06. The number of aliphatic hydroxyl groups is 1. The molecule has 0 aliphatic heterocycles. The van der Waals surface area contributed by atoms with E-state index in [0.717, 1.165) is 5.56 Å². The molecule has 0 saturated heterocycles. The third-order valence-electron chi connectivity index (χ3n) is 1.47. The van der Waals surface area contributed by atoms with Crippen molar-refractivity contribution in [2.24, 2.45) is 0 Å². The zero-order valence-electron chi connectivity index (χ0n) is 6.25. The first-order chi connectivity index (χ1) is 5.22. The van der Waals surface area contributed by atoms with Crippen LogP contribution >= 0.6 is 0 Å². The van der Waals surface area contributed by atoms with E-state index in [0.29, 0.717) is 5.57 Å². The molecule has 1 heteroatoms. The monoisotopic (exact) mass is 146 g/mol. The molecule has 0 atom stereocenters. The Bertz CT molecular complexity index is 272. The molecule has 11 heavy (non-hydrogen) atoms. The van der Waals surface area contributed by atoms with Crippen LogP contribution in [0, 0.1) is 0 Å². The van der Waals surface area contributed by atoms with Gasteiger partial charge in [-0.15, -0.1) is 0 Å². The second-order valence-electron chi connectivity index (χ2n) is 2.29. The molecule has 1 rings (SSSR count). The summed E-state index contributed by atoms with van der Waals surface area (Å²) in [5.41, 5.74) is 1.48. The molecule has 1 nitrogen and oxygen atoms in total. The summed E-state index contributed by atoms with van der Waals surface area (Å²) in [6.07, 6.45) is 0. The summed E-state index contributed by atoms with van der Waals surface area (Å²) < 4.78 is 0. The van der Waals surface area contributed by atoms with Crippen molar-refractivity contribution >= 4 is 5.57 Å². The van der Waals surface area contributed by atoms with Crippen molar-refractivity contribution in [2.75, 3.05) is 0 Å². The van der Waals surface area contributed by atoms with Gasteiger partial charge in [-0.2, -0.15) is 0 Å². The molecule has 56 valence electrons. The van der Waals surface area contributed by atoms with Crippen LogP contribution in [0.25, 0.3) is 5.57 Å². The number of hydrogen-bond donors (Lipinski definition) is 1. The van der Waals surface area contributed by atoms with Crippen LogP contribution in [0.5, 0.6) is 0 Å². The molecule has 0 radical (unpaired) electrons. The predicted octanol–water partition coefficient (Wildman–Crippen LogP) is 2.77. The molecule has 0 saturated carbocycles. The molecule has 0 aliphatic rings. The summed E-state index contributed by atoms with van der Waals surface area (Å²) in [7, 11) is 0. The number of hydrogen-bond acceptors (Lipinski definition) is 1. The van der Waals surface area contributed by atoms with Gasteiger partial charge in [-0.1, -0.05) is 43.5 Å². The Morgan fingerprint density at radius 1 is 1.09 bits per heavy atom. The van der Waals surface area contributed by atoms with Crippen LogP contribution in [-0.4, -0.2) is 5.11 Å². The number of rotatable bonds is 2. The van der Waals surface area contributed by atoms with E-state index in [-0.39, 0.29) is 5.76 Å². The second-order valence-corrected chi connectivity index (χ2v) is 2.29. The van der Waals surface area contributed by atoms with E-state index >= 15 is 0 Å². The van der Waals surface area contributed by atoms with E-state index in [1.807, 2.05) is 30.3 Å². The highest BCUT2D eigenvalue weighted by molar-refractivity contribution is 5.73. The van der Waals surface area contributed by atoms with Gasteiger partial charge in [0, 0.05) is 5.57 Å². The summed E-state index contributed by atoms with van der Waals surface area (Å²) in [4.78, 5) is 0. The first kappa shape index (κ1) is 7.61. The van der Waals surface area contributed by atoms with Crippen LogP contribution in [0.1, 0.15) is 5.56 Å². The zero-order chi connectivity index (χ0) is 8.27. The first-order valence-corrected chi connectivity index (χ1v) is 3.34. The van der Waals surface area contributed by atoms with Crippen molar-refractivity contribution in [1.82, 2.24) is 0 Å². The molecule has 0 spiro atoms. The predicted molar refractivity (Wildman–Crippen MR) is 47.2 cm³/mol. The quantitative estimate of drug-likeness (QED) is 0.502. The maximum atomic E-state index is 8.98. The van der Waals surface area contributed by atoms with Crippen molar-refractivity contribution in [2.45, 2.75) is 0 Å². The van der Waals surface area contributed by atoms with Crippen molar-refractivity contribution in [3.05, 3.63) is 54.8 Å². The van der Waals surface area contributed by atoms with E-state index in [1.54, 1.807) is 0 Å². The molecule has 1 aromatic carbocycles. The molecular weight excluding hydrogens is 136 g/mol. The number of allylic oxidation sites excluding steroid dienone is 1. The molecule has 1 N–H and O–H groups in total. The average Bonchev–Trinajstić information content (AvgIpc) is 2.05. The highest BCUT2D eigenvalue weighted by Crippen LogP contribution is 2.16. The van der Waals surface area contributed by atoms with Crippen molar-refractivity contribution in [3.63, 3.8) is 0 Å². The van der Waals surface area contributed by atoms with Gasteiger partial charge in [0.2, 0.25) is 0 Å². The molecule has 0 fully saturated rings. The molecular formula is C10H10O. The van der Waals surface area contributed by atoms with Crippen LogP contribution in [0.3, 0.4) is 0 Å². The van der Waals surface area contributed by atoms with Crippen molar-refractivity contribution < 1.29 is 5.11 Å². The summed E-state index contributed by atoms with van der Waals surface area (Å²) in [6, 6.07) is 9.46. The Hall–Kier alpha value is -1.50. The molecule has 1 aromatic rings. The van der Waals surface area contributed by atoms with Crippen LogP contribution in [0.2, 0.25) is 0 Å². The van der Waals surface area contributed by atoms with E-state index in [9.17, 15) is 0 Å². The maximum absolute atomic E-state index is 8.98. The minimum absolute atomic E-state index is 0.0243. The molecule has 0 aromatic heterocycles. The minimum Gasteiger partial charge on any atom is -0.508 e. The highest BCUT2D eigenvalue weighted by Gasteiger charge is 1.98. The van der Waals surface area contributed by atoms with Gasteiger partial charge in [-0.3, -0.25) is 0 Å². The van der Waals surface area contributed by atoms with Crippen LogP contribution in [0.4, 0.5) is 0 Å². The Morgan fingerprint density at radius 2 is 1.64 bits per heavy atom. The Morgan fingerprint density at radius 3 is 2.09 bits per heavy atom. The van der Waals surface area contributed by atoms with E-state index in [2.05, 4.69) is 13.2 Å². The Balaban J connectivity index is 2.95. The van der Waals surface area contributed by atoms with Gasteiger partial charge in [0.05, 0.1) is 0 Å². The summed E-state index contributed by atoms with van der Waals surface area (Å²) in [5, 5.41) is 8.98. The normalized spacial score (nSPS) is 9.09. The first-order valence-electron chi connectivity index (χ1n) is 3.34. The maximum Gasteiger partial charge on any atom is 0.115 e. The molecule has 0 aliphatic carbocycles. The lowest BCUT2D eigenvalue weighted by molar-refractivity contribution is 0.441. The topological polar surface area (TPSA) is 20.2 Å². The van der Waals surface area contributed by atoms with Gasteiger partial charge < -0.3 is 5.11 Å². The molecule has 0 heterocycles. The lowest BCUT2D eigenvalue weighted by atomic mass is 10.1. The SMILES string of the molecule is C=C(O)C(=C)c1ccccc1. The van der Waals surface area contributed by atoms with E-state index in [4.69, 9.17) is 5.11 Å². The molecule has 0 unspecified atom stereocenters. The largest absolute Gasteiger partial charge is 0.508 e. The van der Waals surface area contributed by atoms with E-state index in [1.165, 1.54) is 0 Å². The third-order valence-corrected chi connectivity index (χ3v) is 1.47. The molecule has 0 amide bonds. The molecule has 0 bridgehead atoms. The summed E-state index contributed by atoms with van der Waals surface area (Å²) in [6.45, 7) is 7.06. The Kier molecular flexibility index (Phi) is 2.12. The smallest absolute Gasteiger partial charge is 0.115 e. The van der Waals surface area contributed by atoms with Gasteiger partial charge in [0.1, 0.15) is 5.76 Å². The van der Waals surface area contributed by atoms with E-state index < -0.39 is 0 Å². The lowest BCUT2D eigenvalue weighted by Gasteiger charge is -2.01. The lowest BCUT2D eigenvalue weighted by Crippen LogP contribution is -1.83. The fourth-order valence-corrected chi connectivity index (χ4v) is 0.806. The van der Waals surface area contributed by atoms with Crippen molar-refractivity contribution in [1.29, 1.82) is 0 Å². The van der Waals surface area contributed by atoms with Crippen LogP contribution in [-0.2, 0) is 0 Å². The van der Waals surface area contributed by atoms with Gasteiger partial charge >= 0.3 is 0 Å². The Labute approximate surface area is 66.3 Å². The fourth-order valence-electron chi connectivity index (χ4n) is 0.806. The summed E-state index contributed by atoms with van der Waals surface area (Å²) >= 11 is 0. The van der Waals surface area contributed by atoms with Gasteiger partial charge in [-0.25, -0.2) is 0 Å². The standard InChI is InChI=1S/C10H10O/c1-8(9(2)11)10-6-4-3-5-7-10/h3-7,11H,1-2H2.